The van der Waals surface area contributed by atoms with Gasteiger partial charge in [-0.25, -0.2) is 4.98 Å². The van der Waals surface area contributed by atoms with Crippen LogP contribution in [-0.4, -0.2) is 15.5 Å². The number of carbonyl (C=O) groups excluding carboxylic acids is 1. The third-order valence-electron chi connectivity index (χ3n) is 4.01. The van der Waals surface area contributed by atoms with Gasteiger partial charge < -0.3 is 9.88 Å². The summed E-state index contributed by atoms with van der Waals surface area (Å²) < 4.78 is 39.2. The molecule has 0 aliphatic carbocycles. The second-order valence-corrected chi connectivity index (χ2v) is 7.39. The van der Waals surface area contributed by atoms with Crippen LogP contribution in [0.15, 0.2) is 47.4 Å². The lowest BCUT2D eigenvalue weighted by molar-refractivity contribution is -0.139. The number of hydrogen-bond donors (Lipinski definition) is 1. The number of carbonyl (C=O) groups is 1. The van der Waals surface area contributed by atoms with E-state index < -0.39 is 29.8 Å². The fourth-order valence-electron chi connectivity index (χ4n) is 2.62. The van der Waals surface area contributed by atoms with Gasteiger partial charge in [-0.3, -0.25) is 9.59 Å². The van der Waals surface area contributed by atoms with Crippen molar-refractivity contribution in [3.05, 3.63) is 69.0 Å². The number of halogens is 3. The standard InChI is InChI=1S/C19H16F3N3O2S/c1-11-5-7-13(8-6-11)16-12(2)28-18(24-16)23-15(26)10-25-9-3-4-14(17(25)27)19(20,21)22/h3-9H,10H2,1-2H3,(H,23,24,26). The van der Waals surface area contributed by atoms with Crippen LogP contribution in [0.25, 0.3) is 11.3 Å². The molecule has 0 aliphatic heterocycles. The number of alkyl halides is 3. The van der Waals surface area contributed by atoms with E-state index in [-0.39, 0.29) is 0 Å². The number of aryl methyl sites for hydroxylation is 2. The Morgan fingerprint density at radius 2 is 1.86 bits per heavy atom. The van der Waals surface area contributed by atoms with Gasteiger partial charge in [0.05, 0.1) is 5.69 Å². The number of rotatable bonds is 4. The lowest BCUT2D eigenvalue weighted by Crippen LogP contribution is -2.31. The summed E-state index contributed by atoms with van der Waals surface area (Å²) in [5, 5.41) is 2.86. The lowest BCUT2D eigenvalue weighted by Gasteiger charge is -2.09. The van der Waals surface area contributed by atoms with E-state index in [9.17, 15) is 22.8 Å². The van der Waals surface area contributed by atoms with Gasteiger partial charge in [-0.1, -0.05) is 29.8 Å². The molecule has 0 fully saturated rings. The minimum Gasteiger partial charge on any atom is -0.306 e. The van der Waals surface area contributed by atoms with Crippen molar-refractivity contribution in [1.82, 2.24) is 9.55 Å². The maximum absolute atomic E-state index is 12.8. The quantitative estimate of drug-likeness (QED) is 0.703. The third kappa shape index (κ3) is 4.30. The second-order valence-electron chi connectivity index (χ2n) is 6.19. The monoisotopic (exact) mass is 407 g/mol. The van der Waals surface area contributed by atoms with Crippen molar-refractivity contribution in [3.8, 4) is 11.3 Å². The first-order chi connectivity index (χ1) is 13.1. The molecule has 28 heavy (non-hydrogen) atoms. The minimum absolute atomic E-state index is 0.318. The molecule has 146 valence electrons. The number of thiazole rings is 1. The summed E-state index contributed by atoms with van der Waals surface area (Å²) in [6.07, 6.45) is -3.63. The van der Waals surface area contributed by atoms with E-state index in [1.54, 1.807) is 0 Å². The Balaban J connectivity index is 1.77. The fraction of sp³-hybridized carbons (Fsp3) is 0.211. The summed E-state index contributed by atoms with van der Waals surface area (Å²) in [4.78, 5) is 29.4. The normalized spacial score (nSPS) is 11.5. The molecule has 0 atom stereocenters. The fourth-order valence-corrected chi connectivity index (χ4v) is 3.47. The molecule has 1 amide bonds. The van der Waals surface area contributed by atoms with Gasteiger partial charge in [-0.15, -0.1) is 11.3 Å². The summed E-state index contributed by atoms with van der Waals surface area (Å²) in [6, 6.07) is 9.52. The van der Waals surface area contributed by atoms with E-state index in [0.717, 1.165) is 38.5 Å². The van der Waals surface area contributed by atoms with Crippen LogP contribution in [0.2, 0.25) is 0 Å². The van der Waals surface area contributed by atoms with Crippen molar-refractivity contribution in [2.75, 3.05) is 5.32 Å². The van der Waals surface area contributed by atoms with E-state index >= 15 is 0 Å². The van der Waals surface area contributed by atoms with Gasteiger partial charge in [0.25, 0.3) is 5.56 Å². The summed E-state index contributed by atoms with van der Waals surface area (Å²) in [6.45, 7) is 3.29. The smallest absolute Gasteiger partial charge is 0.306 e. The first kappa shape index (κ1) is 19.8. The molecule has 1 aromatic carbocycles. The Morgan fingerprint density at radius 3 is 2.50 bits per heavy atom. The Hall–Kier alpha value is -2.94. The number of aromatic nitrogens is 2. The van der Waals surface area contributed by atoms with Crippen molar-refractivity contribution in [1.29, 1.82) is 0 Å². The molecule has 0 spiro atoms. The van der Waals surface area contributed by atoms with Crippen LogP contribution in [0.4, 0.5) is 18.3 Å². The molecule has 1 N–H and O–H groups in total. The van der Waals surface area contributed by atoms with Gasteiger partial charge in [0, 0.05) is 16.6 Å². The number of anilines is 1. The lowest BCUT2D eigenvalue weighted by atomic mass is 10.1. The van der Waals surface area contributed by atoms with Crippen LogP contribution in [0, 0.1) is 13.8 Å². The molecule has 0 unspecified atom stereocenters. The molecule has 3 rings (SSSR count). The number of pyridine rings is 1. The third-order valence-corrected chi connectivity index (χ3v) is 4.89. The van der Waals surface area contributed by atoms with E-state index in [4.69, 9.17) is 0 Å². The number of nitrogens with one attached hydrogen (secondary N) is 1. The SMILES string of the molecule is Cc1ccc(-c2nc(NC(=O)Cn3cccc(C(F)(F)F)c3=O)sc2C)cc1. The second kappa shape index (κ2) is 7.59. The van der Waals surface area contributed by atoms with Crippen LogP contribution in [0.3, 0.4) is 0 Å². The van der Waals surface area contributed by atoms with Crippen molar-refractivity contribution in [3.63, 3.8) is 0 Å². The molecule has 2 heterocycles. The highest BCUT2D eigenvalue weighted by Gasteiger charge is 2.34. The Bertz CT molecular complexity index is 1070. The maximum atomic E-state index is 12.8. The molecule has 9 heteroatoms. The number of amides is 1. The number of nitrogens with zero attached hydrogens (tertiary/aromatic N) is 2. The number of benzene rings is 1. The van der Waals surface area contributed by atoms with E-state index in [0.29, 0.717) is 11.2 Å². The molecule has 0 aliphatic rings. The van der Waals surface area contributed by atoms with Crippen LogP contribution in [0.5, 0.6) is 0 Å². The molecule has 5 nitrogen and oxygen atoms in total. The van der Waals surface area contributed by atoms with Gasteiger partial charge >= 0.3 is 6.18 Å². The van der Waals surface area contributed by atoms with Gasteiger partial charge in [0.15, 0.2) is 5.13 Å². The minimum atomic E-state index is -4.77. The van der Waals surface area contributed by atoms with Crippen LogP contribution < -0.4 is 10.9 Å². The first-order valence-electron chi connectivity index (χ1n) is 8.26. The molecule has 2 aromatic heterocycles. The van der Waals surface area contributed by atoms with Crippen molar-refractivity contribution in [2.45, 2.75) is 26.6 Å². The van der Waals surface area contributed by atoms with Gasteiger partial charge in [0.2, 0.25) is 5.91 Å². The Morgan fingerprint density at radius 1 is 1.18 bits per heavy atom. The zero-order chi connectivity index (χ0) is 20.5. The average Bonchev–Trinajstić information content (AvgIpc) is 2.96. The zero-order valence-electron chi connectivity index (χ0n) is 15.0. The van der Waals surface area contributed by atoms with Gasteiger partial charge in [0.1, 0.15) is 12.1 Å². The molecule has 0 saturated heterocycles. The summed E-state index contributed by atoms with van der Waals surface area (Å²) in [5.74, 6) is -0.634. The largest absolute Gasteiger partial charge is 0.421 e. The summed E-state index contributed by atoms with van der Waals surface area (Å²) in [7, 11) is 0. The predicted octanol–water partition coefficient (Wildman–Crippen LogP) is 4.25. The molecular weight excluding hydrogens is 391 g/mol. The first-order valence-corrected chi connectivity index (χ1v) is 9.08. The average molecular weight is 407 g/mol. The van der Waals surface area contributed by atoms with E-state index in [2.05, 4.69) is 10.3 Å². The van der Waals surface area contributed by atoms with Crippen molar-refractivity contribution < 1.29 is 18.0 Å². The van der Waals surface area contributed by atoms with E-state index in [1.807, 2.05) is 38.1 Å². The maximum Gasteiger partial charge on any atom is 0.421 e. The summed E-state index contributed by atoms with van der Waals surface area (Å²) in [5.41, 5.74) is 0.150. The van der Waals surface area contributed by atoms with Gasteiger partial charge in [-0.05, 0) is 26.0 Å². The molecule has 0 radical (unpaired) electrons. The van der Waals surface area contributed by atoms with Gasteiger partial charge in [-0.2, -0.15) is 13.2 Å². The zero-order valence-corrected chi connectivity index (χ0v) is 15.8. The molecule has 0 saturated carbocycles. The topological polar surface area (TPSA) is 64.0 Å². The highest BCUT2D eigenvalue weighted by atomic mass is 32.1. The predicted molar refractivity (Wildman–Crippen MR) is 101 cm³/mol. The van der Waals surface area contributed by atoms with E-state index in [1.165, 1.54) is 11.3 Å². The molecular formula is C19H16F3N3O2S. The Labute approximate surface area is 162 Å². The number of hydrogen-bond acceptors (Lipinski definition) is 4. The highest BCUT2D eigenvalue weighted by molar-refractivity contribution is 7.16. The van der Waals surface area contributed by atoms with Crippen molar-refractivity contribution in [2.24, 2.45) is 0 Å². The Kier molecular flexibility index (Phi) is 5.37. The summed E-state index contributed by atoms with van der Waals surface area (Å²) >= 11 is 1.25. The highest BCUT2D eigenvalue weighted by Crippen LogP contribution is 2.30. The molecule has 0 bridgehead atoms. The van der Waals surface area contributed by atoms with Crippen LogP contribution in [0.1, 0.15) is 16.0 Å². The molecule has 3 aromatic rings. The van der Waals surface area contributed by atoms with Crippen LogP contribution in [-0.2, 0) is 17.5 Å². The van der Waals surface area contributed by atoms with Crippen LogP contribution >= 0.6 is 11.3 Å². The van der Waals surface area contributed by atoms with Crippen molar-refractivity contribution >= 4 is 22.4 Å².